The van der Waals surface area contributed by atoms with Gasteiger partial charge in [-0.25, -0.2) is 4.79 Å². The molecule has 0 radical (unpaired) electrons. The molecule has 2 aliphatic rings. The predicted molar refractivity (Wildman–Crippen MR) is 161 cm³/mol. The van der Waals surface area contributed by atoms with E-state index in [0.717, 1.165) is 26.8 Å². The third-order valence-corrected chi connectivity index (χ3v) is 7.55. The lowest BCUT2D eigenvalue weighted by molar-refractivity contribution is -0.285. The van der Waals surface area contributed by atoms with Gasteiger partial charge in [0.15, 0.2) is 6.10 Å². The highest BCUT2D eigenvalue weighted by Crippen LogP contribution is 2.34. The van der Waals surface area contributed by atoms with Crippen molar-refractivity contribution >= 4 is 23.9 Å². The number of phenols is 1. The maximum absolute atomic E-state index is 13.4. The number of carbonyl (C=O) groups is 4. The Labute approximate surface area is 284 Å². The Balaban J connectivity index is 1.57. The monoisotopic (exact) mass is 710 g/mol. The third kappa shape index (κ3) is 9.16. The molecule has 18 heteroatoms. The van der Waals surface area contributed by atoms with E-state index in [2.05, 4.69) is 0 Å². The van der Waals surface area contributed by atoms with E-state index in [9.17, 15) is 49.8 Å². The van der Waals surface area contributed by atoms with Gasteiger partial charge in [-0.05, 0) is 18.2 Å². The molecule has 274 valence electrons. The quantitative estimate of drug-likeness (QED) is 0.112. The molecule has 2 aromatic rings. The second-order valence-corrected chi connectivity index (χ2v) is 11.3. The molecule has 2 saturated heterocycles. The number of aliphatic hydroxyl groups is 5. The van der Waals surface area contributed by atoms with Crippen molar-refractivity contribution in [1.29, 1.82) is 0 Å². The van der Waals surface area contributed by atoms with Crippen molar-refractivity contribution in [3.8, 4) is 17.2 Å². The number of ether oxygens (including phenoxy) is 8. The molecule has 0 amide bonds. The summed E-state index contributed by atoms with van der Waals surface area (Å²) in [6.45, 7) is 1.50. The minimum absolute atomic E-state index is 0.0344. The van der Waals surface area contributed by atoms with Crippen LogP contribution < -0.4 is 9.47 Å². The van der Waals surface area contributed by atoms with E-state index >= 15 is 0 Å². The summed E-state index contributed by atoms with van der Waals surface area (Å²) in [5, 5.41) is 61.6. The highest BCUT2D eigenvalue weighted by atomic mass is 16.7. The molecule has 50 heavy (non-hydrogen) atoms. The van der Waals surface area contributed by atoms with Crippen LogP contribution in [0.1, 0.15) is 36.7 Å². The van der Waals surface area contributed by atoms with E-state index in [1.165, 1.54) is 24.3 Å². The van der Waals surface area contributed by atoms with Gasteiger partial charge in [0.1, 0.15) is 72.6 Å². The zero-order valence-electron chi connectivity index (χ0n) is 27.0. The first kappa shape index (κ1) is 38.2. The van der Waals surface area contributed by atoms with Gasteiger partial charge in [-0.3, -0.25) is 14.4 Å². The first-order chi connectivity index (χ1) is 23.7. The van der Waals surface area contributed by atoms with E-state index in [-0.39, 0.29) is 17.1 Å². The molecule has 2 heterocycles. The van der Waals surface area contributed by atoms with Crippen LogP contribution in [0.25, 0.3) is 0 Å². The number of esters is 4. The Bertz CT molecular complexity index is 1510. The Morgan fingerprint density at radius 1 is 0.680 bits per heavy atom. The highest BCUT2D eigenvalue weighted by molar-refractivity contribution is 5.95. The van der Waals surface area contributed by atoms with Crippen LogP contribution in [-0.2, 0) is 49.4 Å². The van der Waals surface area contributed by atoms with Crippen molar-refractivity contribution in [2.45, 2.75) is 88.8 Å². The standard InChI is InChI=1S/C32H38O18/c1-14(34)43-13-22-25(39)28(45-15(2)35)29(46-16(3)36)32(50-22)48-20-10-6-8-18(37)23(20)30(42)44-12-17-7-4-5-9-19(17)47-31-27(41)26(40)24(38)21(11-33)49-31/h4-10,21-22,24-29,31-33,37-41H,11-13H2,1-3H3. The predicted octanol–water partition coefficient (Wildman–Crippen LogP) is -1.18. The summed E-state index contributed by atoms with van der Waals surface area (Å²) in [5.74, 6) is -4.52. The molecule has 0 spiro atoms. The van der Waals surface area contributed by atoms with Gasteiger partial charge in [0.25, 0.3) is 0 Å². The van der Waals surface area contributed by atoms with Gasteiger partial charge in [0.2, 0.25) is 18.7 Å². The molecule has 2 fully saturated rings. The summed E-state index contributed by atoms with van der Waals surface area (Å²) in [6, 6.07) is 9.77. The second kappa shape index (κ2) is 16.9. The van der Waals surface area contributed by atoms with Crippen LogP contribution in [0.2, 0.25) is 0 Å². The summed E-state index contributed by atoms with van der Waals surface area (Å²) >= 11 is 0. The lowest BCUT2D eigenvalue weighted by Gasteiger charge is -2.42. The van der Waals surface area contributed by atoms with E-state index in [4.69, 9.17) is 37.9 Å². The van der Waals surface area contributed by atoms with Gasteiger partial charge in [-0.2, -0.15) is 0 Å². The van der Waals surface area contributed by atoms with Crippen molar-refractivity contribution in [1.82, 2.24) is 0 Å². The van der Waals surface area contributed by atoms with Gasteiger partial charge >= 0.3 is 23.9 Å². The van der Waals surface area contributed by atoms with Crippen LogP contribution in [0.15, 0.2) is 42.5 Å². The second-order valence-electron chi connectivity index (χ2n) is 11.3. The lowest BCUT2D eigenvalue weighted by atomic mass is 9.98. The van der Waals surface area contributed by atoms with Crippen LogP contribution >= 0.6 is 0 Å². The normalized spacial score (nSPS) is 29.3. The van der Waals surface area contributed by atoms with E-state index in [1.54, 1.807) is 12.1 Å². The van der Waals surface area contributed by atoms with Crippen molar-refractivity contribution in [3.05, 3.63) is 53.6 Å². The molecule has 10 unspecified atom stereocenters. The smallest absolute Gasteiger partial charge is 0.346 e. The molecule has 2 aromatic carbocycles. The third-order valence-electron chi connectivity index (χ3n) is 7.55. The number of carbonyl (C=O) groups excluding carboxylic acids is 4. The van der Waals surface area contributed by atoms with Crippen molar-refractivity contribution in [3.63, 3.8) is 0 Å². The average Bonchev–Trinajstić information content (AvgIpc) is 3.06. The van der Waals surface area contributed by atoms with Crippen LogP contribution in [0, 0.1) is 0 Å². The molecule has 10 atom stereocenters. The number of hydrogen-bond acceptors (Lipinski definition) is 18. The fourth-order valence-electron chi connectivity index (χ4n) is 5.16. The molecule has 0 bridgehead atoms. The molecule has 0 saturated carbocycles. The number of hydrogen-bond donors (Lipinski definition) is 6. The van der Waals surface area contributed by atoms with E-state index in [0.29, 0.717) is 0 Å². The van der Waals surface area contributed by atoms with Gasteiger partial charge in [0.05, 0.1) is 6.61 Å². The summed E-state index contributed by atoms with van der Waals surface area (Å²) < 4.78 is 43.6. The van der Waals surface area contributed by atoms with Crippen LogP contribution in [0.5, 0.6) is 17.2 Å². The van der Waals surface area contributed by atoms with Crippen molar-refractivity contribution in [2.75, 3.05) is 13.2 Å². The Kier molecular flexibility index (Phi) is 12.9. The molecule has 4 rings (SSSR count). The summed E-state index contributed by atoms with van der Waals surface area (Å²) in [5.41, 5.74) is -0.288. The number of phenolic OH excluding ortho intramolecular Hbond substituents is 1. The number of para-hydroxylation sites is 1. The van der Waals surface area contributed by atoms with Crippen molar-refractivity contribution in [2.24, 2.45) is 0 Å². The molecular formula is C32H38O18. The largest absolute Gasteiger partial charge is 0.507 e. The van der Waals surface area contributed by atoms with Gasteiger partial charge in [-0.1, -0.05) is 24.3 Å². The van der Waals surface area contributed by atoms with E-state index < -0.39 is 116 Å². The van der Waals surface area contributed by atoms with Crippen LogP contribution in [0.4, 0.5) is 0 Å². The van der Waals surface area contributed by atoms with E-state index in [1.807, 2.05) is 0 Å². The van der Waals surface area contributed by atoms with Gasteiger partial charge in [0, 0.05) is 26.3 Å². The Morgan fingerprint density at radius 3 is 1.96 bits per heavy atom. The van der Waals surface area contributed by atoms with Crippen LogP contribution in [-0.4, -0.2) is 129 Å². The average molecular weight is 711 g/mol. The molecule has 0 aliphatic carbocycles. The SMILES string of the molecule is CC(=O)OCC1OC(Oc2cccc(O)c2C(=O)OCc2ccccc2OC2OC(CO)C(O)C(O)C2O)C(OC(C)=O)C(OC(C)=O)C1O. The first-order valence-corrected chi connectivity index (χ1v) is 15.2. The number of aromatic hydroxyl groups is 1. The Morgan fingerprint density at radius 2 is 1.30 bits per heavy atom. The zero-order chi connectivity index (χ0) is 36.7. The number of aliphatic hydroxyl groups excluding tert-OH is 5. The molecule has 2 aliphatic heterocycles. The van der Waals surface area contributed by atoms with Crippen LogP contribution in [0.3, 0.4) is 0 Å². The highest BCUT2D eigenvalue weighted by Gasteiger charge is 2.51. The number of benzene rings is 2. The topological polar surface area (TPSA) is 263 Å². The Hall–Kier alpha value is -4.56. The van der Waals surface area contributed by atoms with Crippen molar-refractivity contribution < 1.29 is 87.7 Å². The van der Waals surface area contributed by atoms with Gasteiger partial charge in [-0.15, -0.1) is 0 Å². The zero-order valence-corrected chi connectivity index (χ0v) is 27.0. The maximum atomic E-state index is 13.4. The minimum atomic E-state index is -1.71. The summed E-state index contributed by atoms with van der Waals surface area (Å²) in [7, 11) is 0. The fraction of sp³-hybridized carbons (Fsp3) is 0.500. The molecular weight excluding hydrogens is 672 g/mol. The lowest BCUT2D eigenvalue weighted by Crippen LogP contribution is -2.62. The summed E-state index contributed by atoms with van der Waals surface area (Å²) in [6.07, 6.45) is -15.7. The first-order valence-electron chi connectivity index (χ1n) is 15.2. The maximum Gasteiger partial charge on any atom is 0.346 e. The number of rotatable bonds is 12. The molecule has 18 nitrogen and oxygen atoms in total. The molecule has 6 N–H and O–H groups in total. The summed E-state index contributed by atoms with van der Waals surface area (Å²) in [4.78, 5) is 48.8. The minimum Gasteiger partial charge on any atom is -0.507 e. The van der Waals surface area contributed by atoms with Gasteiger partial charge < -0.3 is 68.5 Å². The molecule has 0 aromatic heterocycles. The fourth-order valence-corrected chi connectivity index (χ4v) is 5.16.